The monoisotopic (exact) mass is 248 g/mol. The van der Waals surface area contributed by atoms with Gasteiger partial charge in [-0.2, -0.15) is 0 Å². The lowest BCUT2D eigenvalue weighted by Crippen LogP contribution is -2.36. The molecule has 0 fully saturated rings. The van der Waals surface area contributed by atoms with E-state index in [1.54, 1.807) is 0 Å². The van der Waals surface area contributed by atoms with Crippen LogP contribution >= 0.6 is 0 Å². The van der Waals surface area contributed by atoms with Crippen molar-refractivity contribution in [3.8, 4) is 0 Å². The van der Waals surface area contributed by atoms with E-state index in [0.29, 0.717) is 0 Å². The lowest BCUT2D eigenvalue weighted by molar-refractivity contribution is 0.288. The number of rotatable bonds is 5. The molecule has 18 heavy (non-hydrogen) atoms. The van der Waals surface area contributed by atoms with Crippen molar-refractivity contribution < 1.29 is 0 Å². The molecular weight excluding hydrogens is 220 g/mol. The molecule has 0 spiro atoms. The van der Waals surface area contributed by atoms with Gasteiger partial charge in [-0.3, -0.25) is 0 Å². The normalized spacial score (nSPS) is 12.2. The lowest BCUT2D eigenvalue weighted by atomic mass is 9.99. The van der Waals surface area contributed by atoms with E-state index in [9.17, 15) is 0 Å². The van der Waals surface area contributed by atoms with Crippen molar-refractivity contribution in [2.24, 2.45) is 5.73 Å². The molecule has 0 saturated heterocycles. The standard InChI is InChI=1S/C16H28N2/c1-12-9-14(3)15(10-13(12)2)11-18(6)8-7-16(4,5)17/h9-10H,7-8,11,17H2,1-6H3. The van der Waals surface area contributed by atoms with Crippen LogP contribution in [0.3, 0.4) is 0 Å². The van der Waals surface area contributed by atoms with Gasteiger partial charge >= 0.3 is 0 Å². The number of nitrogens with zero attached hydrogens (tertiary/aromatic N) is 1. The van der Waals surface area contributed by atoms with Crippen molar-refractivity contribution in [1.29, 1.82) is 0 Å². The van der Waals surface area contributed by atoms with Crippen molar-refractivity contribution in [2.75, 3.05) is 13.6 Å². The molecule has 0 radical (unpaired) electrons. The zero-order chi connectivity index (χ0) is 13.9. The van der Waals surface area contributed by atoms with Crippen LogP contribution < -0.4 is 5.73 Å². The second-order valence-electron chi connectivity index (χ2n) is 6.34. The maximum atomic E-state index is 6.02. The predicted molar refractivity (Wildman–Crippen MR) is 79.9 cm³/mol. The predicted octanol–water partition coefficient (Wildman–Crippen LogP) is 3.17. The van der Waals surface area contributed by atoms with Crippen LogP contribution in [0.2, 0.25) is 0 Å². The molecule has 0 aromatic heterocycles. The Hall–Kier alpha value is -0.860. The van der Waals surface area contributed by atoms with Crippen LogP contribution in [0.15, 0.2) is 12.1 Å². The summed E-state index contributed by atoms with van der Waals surface area (Å²) in [5.74, 6) is 0. The third-order valence-electron chi connectivity index (χ3n) is 3.53. The number of benzene rings is 1. The highest BCUT2D eigenvalue weighted by Gasteiger charge is 2.12. The fourth-order valence-electron chi connectivity index (χ4n) is 2.04. The summed E-state index contributed by atoms with van der Waals surface area (Å²) in [5, 5.41) is 0. The van der Waals surface area contributed by atoms with Crippen molar-refractivity contribution in [3.63, 3.8) is 0 Å². The van der Waals surface area contributed by atoms with Crippen LogP contribution in [-0.4, -0.2) is 24.0 Å². The highest BCUT2D eigenvalue weighted by molar-refractivity contribution is 5.36. The van der Waals surface area contributed by atoms with E-state index in [0.717, 1.165) is 19.5 Å². The third-order valence-corrected chi connectivity index (χ3v) is 3.53. The SMILES string of the molecule is Cc1cc(C)c(CN(C)CCC(C)(C)N)cc1C. The number of aryl methyl sites for hydroxylation is 3. The van der Waals surface area contributed by atoms with Crippen LogP contribution in [0.5, 0.6) is 0 Å². The minimum absolute atomic E-state index is 0.0769. The van der Waals surface area contributed by atoms with Crippen LogP contribution in [-0.2, 0) is 6.54 Å². The van der Waals surface area contributed by atoms with Gasteiger partial charge in [0.25, 0.3) is 0 Å². The molecule has 0 bridgehead atoms. The molecule has 0 saturated carbocycles. The summed E-state index contributed by atoms with van der Waals surface area (Å²) >= 11 is 0. The molecular formula is C16H28N2. The minimum Gasteiger partial charge on any atom is -0.326 e. The number of hydrogen-bond donors (Lipinski definition) is 1. The van der Waals surface area contributed by atoms with Gasteiger partial charge in [-0.15, -0.1) is 0 Å². The average molecular weight is 248 g/mol. The summed E-state index contributed by atoms with van der Waals surface area (Å²) in [5.41, 5.74) is 11.5. The molecule has 0 amide bonds. The minimum atomic E-state index is -0.0769. The van der Waals surface area contributed by atoms with Gasteiger partial charge in [0.1, 0.15) is 0 Å². The average Bonchev–Trinajstić information content (AvgIpc) is 2.22. The molecule has 102 valence electrons. The maximum Gasteiger partial charge on any atom is 0.0233 e. The van der Waals surface area contributed by atoms with Crippen LogP contribution in [0, 0.1) is 20.8 Å². The van der Waals surface area contributed by atoms with E-state index in [2.05, 4.69) is 58.7 Å². The Balaban J connectivity index is 2.65. The number of nitrogens with two attached hydrogens (primary N) is 1. The first-order chi connectivity index (χ1) is 8.19. The number of hydrogen-bond acceptors (Lipinski definition) is 2. The van der Waals surface area contributed by atoms with Crippen LogP contribution in [0.25, 0.3) is 0 Å². The van der Waals surface area contributed by atoms with E-state index in [4.69, 9.17) is 5.73 Å². The van der Waals surface area contributed by atoms with E-state index < -0.39 is 0 Å². The largest absolute Gasteiger partial charge is 0.326 e. The van der Waals surface area contributed by atoms with E-state index in [1.165, 1.54) is 22.3 Å². The first-order valence-electron chi connectivity index (χ1n) is 6.73. The third kappa shape index (κ3) is 4.79. The molecule has 0 unspecified atom stereocenters. The molecule has 0 heterocycles. The van der Waals surface area contributed by atoms with E-state index in [1.807, 2.05) is 0 Å². The molecule has 0 aliphatic carbocycles. The molecule has 2 heteroatoms. The summed E-state index contributed by atoms with van der Waals surface area (Å²) in [6.07, 6.45) is 1.02. The summed E-state index contributed by atoms with van der Waals surface area (Å²) in [6, 6.07) is 4.60. The quantitative estimate of drug-likeness (QED) is 0.867. The van der Waals surface area contributed by atoms with Gasteiger partial charge in [0, 0.05) is 12.1 Å². The summed E-state index contributed by atoms with van der Waals surface area (Å²) in [4.78, 5) is 2.35. The topological polar surface area (TPSA) is 29.3 Å². The van der Waals surface area contributed by atoms with Gasteiger partial charge in [-0.05, 0) is 76.9 Å². The first-order valence-corrected chi connectivity index (χ1v) is 6.73. The Morgan fingerprint density at radius 2 is 1.61 bits per heavy atom. The lowest BCUT2D eigenvalue weighted by Gasteiger charge is -2.24. The second-order valence-corrected chi connectivity index (χ2v) is 6.34. The van der Waals surface area contributed by atoms with Crippen molar-refractivity contribution >= 4 is 0 Å². The molecule has 0 aliphatic rings. The van der Waals surface area contributed by atoms with Gasteiger partial charge in [-0.25, -0.2) is 0 Å². The second kappa shape index (κ2) is 5.85. The zero-order valence-corrected chi connectivity index (χ0v) is 12.8. The molecule has 2 nitrogen and oxygen atoms in total. The molecule has 1 aromatic rings. The van der Waals surface area contributed by atoms with Gasteiger partial charge in [0.05, 0.1) is 0 Å². The molecule has 0 atom stereocenters. The molecule has 2 N–H and O–H groups in total. The van der Waals surface area contributed by atoms with Gasteiger partial charge in [0.15, 0.2) is 0 Å². The van der Waals surface area contributed by atoms with E-state index >= 15 is 0 Å². The maximum absolute atomic E-state index is 6.02. The van der Waals surface area contributed by atoms with Crippen molar-refractivity contribution in [2.45, 2.75) is 53.1 Å². The molecule has 1 rings (SSSR count). The summed E-state index contributed by atoms with van der Waals surface area (Å²) in [7, 11) is 2.17. The van der Waals surface area contributed by atoms with Crippen LogP contribution in [0.1, 0.15) is 42.5 Å². The van der Waals surface area contributed by atoms with Crippen molar-refractivity contribution in [3.05, 3.63) is 34.4 Å². The summed E-state index contributed by atoms with van der Waals surface area (Å²) in [6.45, 7) is 12.8. The fourth-order valence-corrected chi connectivity index (χ4v) is 2.04. The van der Waals surface area contributed by atoms with Gasteiger partial charge < -0.3 is 10.6 Å². The highest BCUT2D eigenvalue weighted by atomic mass is 15.1. The highest BCUT2D eigenvalue weighted by Crippen LogP contribution is 2.17. The van der Waals surface area contributed by atoms with Crippen molar-refractivity contribution in [1.82, 2.24) is 4.90 Å². The fraction of sp³-hybridized carbons (Fsp3) is 0.625. The Morgan fingerprint density at radius 1 is 1.06 bits per heavy atom. The first kappa shape index (κ1) is 15.2. The van der Waals surface area contributed by atoms with E-state index in [-0.39, 0.29) is 5.54 Å². The smallest absolute Gasteiger partial charge is 0.0233 e. The van der Waals surface area contributed by atoms with Crippen LogP contribution in [0.4, 0.5) is 0 Å². The Labute approximate surface area is 112 Å². The van der Waals surface area contributed by atoms with Gasteiger partial charge in [-0.1, -0.05) is 12.1 Å². The zero-order valence-electron chi connectivity index (χ0n) is 12.8. The Bertz CT molecular complexity index is 402. The summed E-state index contributed by atoms with van der Waals surface area (Å²) < 4.78 is 0. The molecule has 0 aliphatic heterocycles. The molecule has 1 aromatic carbocycles. The Morgan fingerprint density at radius 3 is 2.17 bits per heavy atom. The Kier molecular flexibility index (Phi) is 4.94. The van der Waals surface area contributed by atoms with Gasteiger partial charge in [0.2, 0.25) is 0 Å².